The molecule has 0 spiro atoms. The van der Waals surface area contributed by atoms with E-state index in [0.29, 0.717) is 11.6 Å². The van der Waals surface area contributed by atoms with E-state index in [9.17, 15) is 14.7 Å². The van der Waals surface area contributed by atoms with E-state index >= 15 is 0 Å². The third-order valence-corrected chi connectivity index (χ3v) is 6.43. The highest BCUT2D eigenvalue weighted by Crippen LogP contribution is 2.33. The van der Waals surface area contributed by atoms with Crippen LogP contribution in [0.3, 0.4) is 0 Å². The highest BCUT2D eigenvalue weighted by Gasteiger charge is 2.32. The Morgan fingerprint density at radius 2 is 1.53 bits per heavy atom. The van der Waals surface area contributed by atoms with E-state index in [0.717, 1.165) is 33.2 Å². The molecule has 5 aromatic rings. The Labute approximate surface area is 219 Å². The average molecular weight is 507 g/mol. The van der Waals surface area contributed by atoms with Crippen molar-refractivity contribution >= 4 is 28.6 Å². The van der Waals surface area contributed by atoms with E-state index in [1.165, 1.54) is 0 Å². The van der Waals surface area contributed by atoms with Crippen molar-refractivity contribution in [3.8, 4) is 17.0 Å². The van der Waals surface area contributed by atoms with Gasteiger partial charge in [-0.15, -0.1) is 0 Å². The molecule has 0 aliphatic rings. The van der Waals surface area contributed by atoms with Crippen LogP contribution < -0.4 is 15.4 Å². The van der Waals surface area contributed by atoms with Gasteiger partial charge in [-0.3, -0.25) is 4.79 Å². The lowest BCUT2D eigenvalue weighted by Crippen LogP contribution is -2.47. The van der Waals surface area contributed by atoms with Gasteiger partial charge in [-0.05, 0) is 34.9 Å². The van der Waals surface area contributed by atoms with Gasteiger partial charge >= 0.3 is 6.09 Å². The molecule has 0 aliphatic carbocycles. The van der Waals surface area contributed by atoms with Crippen LogP contribution in [0.1, 0.15) is 17.0 Å². The largest absolute Gasteiger partial charge is 0.479 e. The maximum Gasteiger partial charge on any atom is 0.405 e. The van der Waals surface area contributed by atoms with Crippen molar-refractivity contribution in [1.82, 2.24) is 15.3 Å². The van der Waals surface area contributed by atoms with E-state index in [1.807, 2.05) is 85.1 Å². The molecule has 2 heterocycles. The number of fused-ring (bicyclic) bond motifs is 1. The molecular weight excluding hydrogens is 480 g/mol. The highest BCUT2D eigenvalue weighted by atomic mass is 16.5. The summed E-state index contributed by atoms with van der Waals surface area (Å²) in [6.45, 7) is 0. The van der Waals surface area contributed by atoms with Gasteiger partial charge in [-0.25, -0.2) is 9.78 Å². The molecule has 5 rings (SSSR count). The van der Waals surface area contributed by atoms with Gasteiger partial charge in [0.25, 0.3) is 0 Å². The maximum absolute atomic E-state index is 13.5. The number of amides is 2. The number of nitrogens with zero attached hydrogens (tertiary/aromatic N) is 1. The first-order valence-corrected chi connectivity index (χ1v) is 12.1. The molecule has 0 radical (unpaired) electrons. The molecule has 8 heteroatoms. The molecule has 0 saturated carbocycles. The second-order valence-electron chi connectivity index (χ2n) is 8.74. The first kappa shape index (κ1) is 24.6. The summed E-state index contributed by atoms with van der Waals surface area (Å²) in [4.78, 5) is 32.8. The zero-order chi connectivity index (χ0) is 26.5. The minimum absolute atomic E-state index is 0.461. The second kappa shape index (κ2) is 10.9. The standard InChI is InChI=1S/C30H26N4O4/c1-38-29-26-23(16-17-31-26)24(18-32-29)19-12-14-22(15-13-19)33-28(35)27(34-30(36)37)25(20-8-4-2-5-9-20)21-10-6-3-7-11-21/h2-18,25,27,31,34H,1H3,(H,33,35)(H,36,37)/t27-/m0/s1. The number of carbonyl (C=O) groups is 2. The number of hydrogen-bond acceptors (Lipinski definition) is 4. The molecular formula is C30H26N4O4. The molecule has 1 atom stereocenters. The van der Waals surface area contributed by atoms with Crippen LogP contribution in [0.5, 0.6) is 5.88 Å². The number of rotatable bonds is 8. The summed E-state index contributed by atoms with van der Waals surface area (Å²) in [5, 5.41) is 15.9. The SMILES string of the molecule is COc1ncc(-c2ccc(NC(=O)[C@@H](NC(=O)O)C(c3ccccc3)c3ccccc3)cc2)c2cc[nH]c12. The van der Waals surface area contributed by atoms with E-state index < -0.39 is 24.0 Å². The van der Waals surface area contributed by atoms with Gasteiger partial charge in [0, 0.05) is 34.9 Å². The number of hydrogen-bond donors (Lipinski definition) is 4. The van der Waals surface area contributed by atoms with Crippen molar-refractivity contribution in [2.24, 2.45) is 0 Å². The molecule has 2 amide bonds. The van der Waals surface area contributed by atoms with Crippen LogP contribution in [0.15, 0.2) is 103 Å². The molecule has 190 valence electrons. The maximum atomic E-state index is 13.5. The minimum atomic E-state index is -1.28. The van der Waals surface area contributed by atoms with Crippen LogP contribution in [-0.2, 0) is 4.79 Å². The number of carbonyl (C=O) groups excluding carboxylic acids is 1. The van der Waals surface area contributed by atoms with Crippen molar-refractivity contribution in [2.45, 2.75) is 12.0 Å². The number of benzene rings is 3. The summed E-state index contributed by atoms with van der Waals surface area (Å²) in [7, 11) is 1.58. The van der Waals surface area contributed by atoms with Gasteiger partial charge in [0.15, 0.2) is 0 Å². The van der Waals surface area contributed by atoms with Crippen molar-refractivity contribution in [1.29, 1.82) is 0 Å². The summed E-state index contributed by atoms with van der Waals surface area (Å²) in [6.07, 6.45) is 2.30. The van der Waals surface area contributed by atoms with Gasteiger partial charge in [-0.1, -0.05) is 72.8 Å². The number of nitrogens with one attached hydrogen (secondary N) is 3. The Morgan fingerprint density at radius 1 is 0.895 bits per heavy atom. The van der Waals surface area contributed by atoms with Crippen molar-refractivity contribution < 1.29 is 19.4 Å². The van der Waals surface area contributed by atoms with E-state index in [1.54, 1.807) is 25.4 Å². The number of pyridine rings is 1. The average Bonchev–Trinajstić information content (AvgIpc) is 3.44. The molecule has 0 unspecified atom stereocenters. The van der Waals surface area contributed by atoms with Crippen molar-refractivity contribution in [3.63, 3.8) is 0 Å². The van der Waals surface area contributed by atoms with Crippen molar-refractivity contribution in [2.75, 3.05) is 12.4 Å². The minimum Gasteiger partial charge on any atom is -0.479 e. The van der Waals surface area contributed by atoms with E-state index in [4.69, 9.17) is 4.74 Å². The number of anilines is 1. The van der Waals surface area contributed by atoms with E-state index in [2.05, 4.69) is 20.6 Å². The smallest absolute Gasteiger partial charge is 0.405 e. The molecule has 4 N–H and O–H groups in total. The van der Waals surface area contributed by atoms with Crippen LogP contribution in [-0.4, -0.2) is 40.2 Å². The van der Waals surface area contributed by atoms with Gasteiger partial charge in [0.05, 0.1) is 7.11 Å². The summed E-state index contributed by atoms with van der Waals surface area (Å²) in [6, 6.07) is 27.0. The fraction of sp³-hybridized carbons (Fsp3) is 0.100. The first-order chi connectivity index (χ1) is 18.5. The van der Waals surface area contributed by atoms with Crippen LogP contribution in [0.25, 0.3) is 22.0 Å². The number of aromatic amines is 1. The highest BCUT2D eigenvalue weighted by molar-refractivity contribution is 5.99. The number of ether oxygens (including phenoxy) is 1. The predicted octanol–water partition coefficient (Wildman–Crippen LogP) is 5.65. The molecule has 8 nitrogen and oxygen atoms in total. The summed E-state index contributed by atoms with van der Waals surface area (Å²) < 4.78 is 5.33. The Kier molecular flexibility index (Phi) is 7.04. The Morgan fingerprint density at radius 3 is 2.11 bits per heavy atom. The number of methoxy groups -OCH3 is 1. The number of aromatic nitrogens is 2. The van der Waals surface area contributed by atoms with Crippen LogP contribution >= 0.6 is 0 Å². The fourth-order valence-corrected chi connectivity index (χ4v) is 4.70. The zero-order valence-corrected chi connectivity index (χ0v) is 20.6. The van der Waals surface area contributed by atoms with Gasteiger partial charge in [0.2, 0.25) is 11.8 Å². The summed E-state index contributed by atoms with van der Waals surface area (Å²) in [5.41, 5.74) is 4.82. The van der Waals surface area contributed by atoms with Gasteiger partial charge in [-0.2, -0.15) is 0 Å². The lowest BCUT2D eigenvalue weighted by Gasteiger charge is -2.27. The molecule has 0 saturated heterocycles. The van der Waals surface area contributed by atoms with Crippen molar-refractivity contribution in [3.05, 3.63) is 115 Å². The Hall–Kier alpha value is -5.11. The van der Waals surface area contributed by atoms with Crippen LogP contribution in [0.4, 0.5) is 10.5 Å². The quantitative estimate of drug-likeness (QED) is 0.217. The third-order valence-electron chi connectivity index (χ3n) is 6.43. The molecule has 38 heavy (non-hydrogen) atoms. The Balaban J connectivity index is 1.44. The lowest BCUT2D eigenvalue weighted by molar-refractivity contribution is -0.118. The topological polar surface area (TPSA) is 116 Å². The van der Waals surface area contributed by atoms with Crippen LogP contribution in [0.2, 0.25) is 0 Å². The molecule has 0 aliphatic heterocycles. The second-order valence-corrected chi connectivity index (χ2v) is 8.74. The zero-order valence-electron chi connectivity index (χ0n) is 20.6. The number of H-pyrrole nitrogens is 1. The monoisotopic (exact) mass is 506 g/mol. The molecule has 0 bridgehead atoms. The molecule has 0 fully saturated rings. The number of carboxylic acid groups (broad SMARTS) is 1. The molecule has 3 aromatic carbocycles. The third kappa shape index (κ3) is 5.05. The van der Waals surface area contributed by atoms with Gasteiger partial charge < -0.3 is 25.5 Å². The lowest BCUT2D eigenvalue weighted by atomic mass is 9.84. The molecule has 2 aromatic heterocycles. The first-order valence-electron chi connectivity index (χ1n) is 12.1. The van der Waals surface area contributed by atoms with Gasteiger partial charge in [0.1, 0.15) is 11.6 Å². The normalized spacial score (nSPS) is 11.7. The summed E-state index contributed by atoms with van der Waals surface area (Å²) in [5.74, 6) is -0.474. The van der Waals surface area contributed by atoms with Crippen LogP contribution in [0, 0.1) is 0 Å². The summed E-state index contributed by atoms with van der Waals surface area (Å²) >= 11 is 0. The fourth-order valence-electron chi connectivity index (χ4n) is 4.70. The predicted molar refractivity (Wildman–Crippen MR) is 146 cm³/mol. The van der Waals surface area contributed by atoms with E-state index in [-0.39, 0.29) is 0 Å². The Bertz CT molecular complexity index is 1510.